The van der Waals surface area contributed by atoms with E-state index < -0.39 is 0 Å². The maximum atomic E-state index is 5.52. The van der Waals surface area contributed by atoms with E-state index in [-0.39, 0.29) is 0 Å². The molecule has 0 saturated heterocycles. The summed E-state index contributed by atoms with van der Waals surface area (Å²) >= 11 is 3.50. The Morgan fingerprint density at radius 1 is 1.40 bits per heavy atom. The van der Waals surface area contributed by atoms with Crippen LogP contribution in [0.15, 0.2) is 21.0 Å². The lowest BCUT2D eigenvalue weighted by molar-refractivity contribution is 0.546. The average molecular weight is 270 g/mol. The zero-order valence-electron chi connectivity index (χ0n) is 8.84. The Balaban J connectivity index is 2.46. The number of rotatable bonds is 2. The summed E-state index contributed by atoms with van der Waals surface area (Å²) < 4.78 is 6.44. The number of nitrogens with zero attached hydrogens (tertiary/aromatic N) is 2. The van der Waals surface area contributed by atoms with Crippen LogP contribution in [-0.2, 0) is 0 Å². The minimum Gasteiger partial charge on any atom is -0.460 e. The molecule has 1 N–H and O–H groups in total. The number of anilines is 1. The predicted octanol–water partition coefficient (Wildman–Crippen LogP) is 2.81. The second-order valence-electron chi connectivity index (χ2n) is 3.54. The maximum Gasteiger partial charge on any atom is 0.165 e. The molecule has 0 atom stereocenters. The molecule has 15 heavy (non-hydrogen) atoms. The van der Waals surface area contributed by atoms with E-state index in [1.54, 1.807) is 0 Å². The van der Waals surface area contributed by atoms with Crippen LogP contribution in [0.1, 0.15) is 5.76 Å². The van der Waals surface area contributed by atoms with Crippen molar-refractivity contribution in [3.8, 4) is 11.5 Å². The van der Waals surface area contributed by atoms with Gasteiger partial charge in [0, 0.05) is 14.1 Å². The van der Waals surface area contributed by atoms with Crippen LogP contribution < -0.4 is 4.90 Å². The molecule has 0 aliphatic rings. The monoisotopic (exact) mass is 269 g/mol. The number of furan rings is 1. The normalized spacial score (nSPS) is 10.7. The van der Waals surface area contributed by atoms with E-state index in [0.29, 0.717) is 0 Å². The van der Waals surface area contributed by atoms with Crippen molar-refractivity contribution in [2.75, 3.05) is 19.0 Å². The van der Waals surface area contributed by atoms with Crippen LogP contribution in [0.25, 0.3) is 11.5 Å². The van der Waals surface area contributed by atoms with Gasteiger partial charge >= 0.3 is 0 Å². The number of aromatic nitrogens is 2. The number of H-pyrrole nitrogens is 1. The first-order valence-corrected chi connectivity index (χ1v) is 5.37. The smallest absolute Gasteiger partial charge is 0.165 e. The maximum absolute atomic E-state index is 5.52. The van der Waals surface area contributed by atoms with Crippen LogP contribution in [0.4, 0.5) is 5.82 Å². The summed E-state index contributed by atoms with van der Waals surface area (Å²) in [4.78, 5) is 1.93. The quantitative estimate of drug-likeness (QED) is 0.912. The largest absolute Gasteiger partial charge is 0.460 e. The van der Waals surface area contributed by atoms with E-state index >= 15 is 0 Å². The highest BCUT2D eigenvalue weighted by atomic mass is 79.9. The Bertz CT molecular complexity index is 473. The van der Waals surface area contributed by atoms with E-state index in [1.165, 1.54) is 0 Å². The highest BCUT2D eigenvalue weighted by Gasteiger charge is 2.15. The average Bonchev–Trinajstić information content (AvgIpc) is 2.71. The minimum absolute atomic E-state index is 0.792. The zero-order valence-corrected chi connectivity index (χ0v) is 10.4. The second-order valence-corrected chi connectivity index (χ2v) is 4.33. The third-order valence-corrected chi connectivity index (χ3v) is 2.85. The van der Waals surface area contributed by atoms with Crippen LogP contribution in [0.5, 0.6) is 0 Å². The Morgan fingerprint density at radius 3 is 2.60 bits per heavy atom. The molecular weight excluding hydrogens is 258 g/mol. The summed E-state index contributed by atoms with van der Waals surface area (Å²) in [6, 6.07) is 3.85. The fraction of sp³-hybridized carbons (Fsp3) is 0.300. The molecule has 5 heteroatoms. The van der Waals surface area contributed by atoms with Gasteiger partial charge in [0.1, 0.15) is 11.5 Å². The number of hydrogen-bond acceptors (Lipinski definition) is 3. The highest BCUT2D eigenvalue weighted by molar-refractivity contribution is 9.10. The number of aromatic amines is 1. The van der Waals surface area contributed by atoms with Crippen LogP contribution >= 0.6 is 15.9 Å². The molecule has 4 nitrogen and oxygen atoms in total. The topological polar surface area (TPSA) is 45.1 Å². The Kier molecular flexibility index (Phi) is 2.56. The molecule has 0 unspecified atom stereocenters. The summed E-state index contributed by atoms with van der Waals surface area (Å²) in [5.41, 5.74) is 0.867. The van der Waals surface area contributed by atoms with Gasteiger partial charge in [0.2, 0.25) is 0 Å². The number of halogens is 1. The summed E-state index contributed by atoms with van der Waals surface area (Å²) in [5.74, 6) is 2.54. The van der Waals surface area contributed by atoms with Gasteiger partial charge in [-0.05, 0) is 35.0 Å². The van der Waals surface area contributed by atoms with Crippen molar-refractivity contribution in [2.24, 2.45) is 0 Å². The summed E-state index contributed by atoms with van der Waals surface area (Å²) in [6.07, 6.45) is 0. The van der Waals surface area contributed by atoms with E-state index in [2.05, 4.69) is 26.1 Å². The molecule has 0 aromatic carbocycles. The fourth-order valence-corrected chi connectivity index (χ4v) is 2.07. The Morgan fingerprint density at radius 2 is 2.13 bits per heavy atom. The van der Waals surface area contributed by atoms with Gasteiger partial charge in [-0.25, -0.2) is 0 Å². The number of hydrogen-bond donors (Lipinski definition) is 1. The van der Waals surface area contributed by atoms with Crippen LogP contribution in [-0.4, -0.2) is 24.3 Å². The van der Waals surface area contributed by atoms with E-state index in [0.717, 1.165) is 27.5 Å². The molecule has 2 heterocycles. The Labute approximate surface area is 96.4 Å². The van der Waals surface area contributed by atoms with Gasteiger partial charge in [0.15, 0.2) is 11.6 Å². The third-order valence-electron chi connectivity index (χ3n) is 2.10. The molecular formula is C10H12BrN3O. The number of aryl methyl sites for hydroxylation is 1. The van der Waals surface area contributed by atoms with Crippen molar-refractivity contribution >= 4 is 21.7 Å². The van der Waals surface area contributed by atoms with Crippen molar-refractivity contribution in [1.82, 2.24) is 10.2 Å². The first-order chi connectivity index (χ1) is 7.09. The van der Waals surface area contributed by atoms with Gasteiger partial charge in [0.25, 0.3) is 0 Å². The van der Waals surface area contributed by atoms with Crippen LogP contribution in [0.2, 0.25) is 0 Å². The van der Waals surface area contributed by atoms with Gasteiger partial charge in [-0.3, -0.25) is 5.10 Å². The van der Waals surface area contributed by atoms with E-state index in [4.69, 9.17) is 4.42 Å². The molecule has 0 saturated carbocycles. The molecule has 0 bridgehead atoms. The van der Waals surface area contributed by atoms with Crippen molar-refractivity contribution in [3.05, 3.63) is 22.4 Å². The molecule has 0 aliphatic carbocycles. The van der Waals surface area contributed by atoms with E-state index in [9.17, 15) is 0 Å². The first kappa shape index (κ1) is 10.3. The molecule has 80 valence electrons. The standard InChI is InChI=1S/C10H12BrN3O/c1-6-4-5-7(15-6)9-8(11)10(13-12-9)14(2)3/h4-5H,1-3H3,(H,12,13). The molecule has 0 spiro atoms. The van der Waals surface area contributed by atoms with Crippen molar-refractivity contribution in [3.63, 3.8) is 0 Å². The van der Waals surface area contributed by atoms with Gasteiger partial charge in [-0.2, -0.15) is 5.10 Å². The molecule has 0 radical (unpaired) electrons. The van der Waals surface area contributed by atoms with Crippen molar-refractivity contribution in [1.29, 1.82) is 0 Å². The minimum atomic E-state index is 0.792. The molecule has 0 amide bonds. The molecule has 2 aromatic heterocycles. The molecule has 0 fully saturated rings. The lowest BCUT2D eigenvalue weighted by Gasteiger charge is -2.07. The van der Waals surface area contributed by atoms with Gasteiger partial charge in [-0.1, -0.05) is 0 Å². The summed E-state index contributed by atoms with van der Waals surface area (Å²) in [7, 11) is 3.89. The molecule has 2 rings (SSSR count). The molecule has 0 aliphatic heterocycles. The number of nitrogens with one attached hydrogen (secondary N) is 1. The first-order valence-electron chi connectivity index (χ1n) is 4.57. The lowest BCUT2D eigenvalue weighted by atomic mass is 10.3. The third kappa shape index (κ3) is 1.79. The van der Waals surface area contributed by atoms with Gasteiger partial charge in [0.05, 0.1) is 4.47 Å². The van der Waals surface area contributed by atoms with Crippen LogP contribution in [0.3, 0.4) is 0 Å². The predicted molar refractivity (Wildman–Crippen MR) is 63.1 cm³/mol. The molecule has 2 aromatic rings. The Hall–Kier alpha value is -1.23. The summed E-state index contributed by atoms with van der Waals surface area (Å²) in [6.45, 7) is 1.92. The lowest BCUT2D eigenvalue weighted by Crippen LogP contribution is -2.09. The zero-order chi connectivity index (χ0) is 11.0. The van der Waals surface area contributed by atoms with Gasteiger partial charge < -0.3 is 9.32 Å². The fourth-order valence-electron chi connectivity index (χ4n) is 1.35. The van der Waals surface area contributed by atoms with E-state index in [1.807, 2.05) is 38.1 Å². The summed E-state index contributed by atoms with van der Waals surface area (Å²) in [5, 5.41) is 7.15. The second kappa shape index (κ2) is 3.73. The van der Waals surface area contributed by atoms with Crippen molar-refractivity contribution in [2.45, 2.75) is 6.92 Å². The highest BCUT2D eigenvalue weighted by Crippen LogP contribution is 2.33. The van der Waals surface area contributed by atoms with Gasteiger partial charge in [-0.15, -0.1) is 0 Å². The van der Waals surface area contributed by atoms with Crippen LogP contribution in [0, 0.1) is 6.92 Å². The van der Waals surface area contributed by atoms with Crippen molar-refractivity contribution < 1.29 is 4.42 Å². The SMILES string of the molecule is Cc1ccc(-c2[nH]nc(N(C)C)c2Br)o1.